The number of nitrogens with one attached hydrogen (secondary N) is 1. The molecule has 0 bridgehead atoms. The lowest BCUT2D eigenvalue weighted by Gasteiger charge is -2.20. The van der Waals surface area contributed by atoms with E-state index in [4.69, 9.17) is 9.47 Å². The Balaban J connectivity index is 1.48. The minimum Gasteiger partial charge on any atom is -0.486 e. The van der Waals surface area contributed by atoms with Crippen LogP contribution in [0.25, 0.3) is 0 Å². The molecule has 1 aliphatic heterocycles. The fraction of sp³-hybridized carbons (Fsp3) is 0.400. The Morgan fingerprint density at radius 2 is 2.19 bits per heavy atom. The molecule has 0 atom stereocenters. The summed E-state index contributed by atoms with van der Waals surface area (Å²) in [6.07, 6.45) is 6.71. The van der Waals surface area contributed by atoms with Crippen LogP contribution in [0.4, 0.5) is 0 Å². The van der Waals surface area contributed by atoms with Gasteiger partial charge in [0.1, 0.15) is 13.2 Å². The van der Waals surface area contributed by atoms with Crippen LogP contribution in [-0.2, 0) is 13.1 Å². The maximum Gasteiger partial charge on any atom is 0.175 e. The highest BCUT2D eigenvalue weighted by atomic mass is 79.9. The minimum absolute atomic E-state index is 0.609. The second kappa shape index (κ2) is 6.95. The number of aromatic nitrogens is 2. The first-order chi connectivity index (χ1) is 10.3. The van der Waals surface area contributed by atoms with Crippen molar-refractivity contribution in [2.75, 3.05) is 19.8 Å². The van der Waals surface area contributed by atoms with Crippen molar-refractivity contribution in [3.8, 4) is 11.5 Å². The standard InChI is InChI=1S/C15H18BrN3O2/c16-13-8-12(9-14-15(13)21-7-6-20-14)10-17-2-1-4-19-5-3-18-11-19/h3,5,8-9,11,17H,1-2,4,6-7,10H2. The second-order valence-electron chi connectivity index (χ2n) is 4.93. The molecule has 1 aromatic heterocycles. The zero-order valence-electron chi connectivity index (χ0n) is 11.7. The summed E-state index contributed by atoms with van der Waals surface area (Å²) in [5.41, 5.74) is 1.19. The molecule has 3 rings (SSSR count). The highest BCUT2D eigenvalue weighted by Crippen LogP contribution is 2.38. The molecule has 0 fully saturated rings. The summed E-state index contributed by atoms with van der Waals surface area (Å²) < 4.78 is 14.3. The van der Waals surface area contributed by atoms with Gasteiger partial charge in [0.2, 0.25) is 0 Å². The van der Waals surface area contributed by atoms with Crippen LogP contribution in [0.2, 0.25) is 0 Å². The normalized spacial score (nSPS) is 13.4. The van der Waals surface area contributed by atoms with Crippen LogP contribution < -0.4 is 14.8 Å². The van der Waals surface area contributed by atoms with Gasteiger partial charge in [0, 0.05) is 25.5 Å². The predicted molar refractivity (Wildman–Crippen MR) is 83.7 cm³/mol. The molecule has 6 heteroatoms. The summed E-state index contributed by atoms with van der Waals surface area (Å²) in [6.45, 7) is 3.99. The van der Waals surface area contributed by atoms with E-state index in [1.807, 2.05) is 18.6 Å². The summed E-state index contributed by atoms with van der Waals surface area (Å²) in [6, 6.07) is 4.12. The van der Waals surface area contributed by atoms with Gasteiger partial charge in [0.25, 0.3) is 0 Å². The van der Waals surface area contributed by atoms with Gasteiger partial charge in [0.15, 0.2) is 11.5 Å². The average Bonchev–Trinajstić information content (AvgIpc) is 3.00. The first-order valence-electron chi connectivity index (χ1n) is 7.07. The van der Waals surface area contributed by atoms with E-state index in [-0.39, 0.29) is 0 Å². The molecule has 0 unspecified atom stereocenters. The number of rotatable bonds is 6. The Labute approximate surface area is 132 Å². The molecule has 5 nitrogen and oxygen atoms in total. The van der Waals surface area contributed by atoms with E-state index in [9.17, 15) is 0 Å². The van der Waals surface area contributed by atoms with Crippen LogP contribution in [-0.4, -0.2) is 29.3 Å². The Hall–Kier alpha value is -1.53. The van der Waals surface area contributed by atoms with Crippen molar-refractivity contribution < 1.29 is 9.47 Å². The Morgan fingerprint density at radius 1 is 1.29 bits per heavy atom. The lowest BCUT2D eigenvalue weighted by Crippen LogP contribution is -2.18. The van der Waals surface area contributed by atoms with Crippen LogP contribution >= 0.6 is 15.9 Å². The number of aryl methyl sites for hydroxylation is 1. The van der Waals surface area contributed by atoms with Gasteiger partial charge in [-0.05, 0) is 46.6 Å². The summed E-state index contributed by atoms with van der Waals surface area (Å²) in [7, 11) is 0. The Bertz CT molecular complexity index is 587. The van der Waals surface area contributed by atoms with Crippen molar-refractivity contribution in [3.63, 3.8) is 0 Å². The quantitative estimate of drug-likeness (QED) is 0.812. The molecule has 0 saturated carbocycles. The van der Waals surface area contributed by atoms with Gasteiger partial charge < -0.3 is 19.4 Å². The summed E-state index contributed by atoms with van der Waals surface area (Å²) in [5, 5.41) is 3.45. The van der Waals surface area contributed by atoms with E-state index in [0.717, 1.165) is 42.0 Å². The smallest absolute Gasteiger partial charge is 0.175 e. The molecule has 1 N–H and O–H groups in total. The lowest BCUT2D eigenvalue weighted by atomic mass is 10.2. The molecule has 21 heavy (non-hydrogen) atoms. The molecule has 1 aromatic carbocycles. The third kappa shape index (κ3) is 3.77. The zero-order valence-corrected chi connectivity index (χ0v) is 13.3. The fourth-order valence-electron chi connectivity index (χ4n) is 2.30. The van der Waals surface area contributed by atoms with Crippen molar-refractivity contribution >= 4 is 15.9 Å². The first kappa shape index (κ1) is 14.4. The number of ether oxygens (including phenoxy) is 2. The Kier molecular flexibility index (Phi) is 4.77. The number of benzene rings is 1. The van der Waals surface area contributed by atoms with Gasteiger partial charge in [-0.2, -0.15) is 0 Å². The molecule has 0 radical (unpaired) electrons. The van der Waals surface area contributed by atoms with Crippen LogP contribution in [0.5, 0.6) is 11.5 Å². The number of fused-ring (bicyclic) bond motifs is 1. The topological polar surface area (TPSA) is 48.3 Å². The average molecular weight is 352 g/mol. The monoisotopic (exact) mass is 351 g/mol. The predicted octanol–water partition coefficient (Wildman–Crippen LogP) is 2.60. The van der Waals surface area contributed by atoms with Gasteiger partial charge in [-0.1, -0.05) is 0 Å². The molecule has 112 valence electrons. The van der Waals surface area contributed by atoms with E-state index in [0.29, 0.717) is 13.2 Å². The molecule has 0 aliphatic carbocycles. The number of hydrogen-bond donors (Lipinski definition) is 1. The molecule has 2 aromatic rings. The second-order valence-corrected chi connectivity index (χ2v) is 5.79. The van der Waals surface area contributed by atoms with E-state index in [1.54, 1.807) is 6.20 Å². The molecule has 0 spiro atoms. The molecular formula is C15H18BrN3O2. The SMILES string of the molecule is Brc1cc(CNCCCn2ccnc2)cc2c1OCCO2. The van der Waals surface area contributed by atoms with E-state index >= 15 is 0 Å². The molecule has 0 saturated heterocycles. The first-order valence-corrected chi connectivity index (χ1v) is 7.87. The van der Waals surface area contributed by atoms with Crippen LogP contribution in [0.1, 0.15) is 12.0 Å². The minimum atomic E-state index is 0.609. The van der Waals surface area contributed by atoms with E-state index < -0.39 is 0 Å². The van der Waals surface area contributed by atoms with E-state index in [2.05, 4.69) is 36.9 Å². The van der Waals surface area contributed by atoms with E-state index in [1.165, 1.54) is 5.56 Å². The number of halogens is 1. The maximum absolute atomic E-state index is 5.63. The molecule has 1 aliphatic rings. The third-order valence-corrected chi connectivity index (χ3v) is 3.90. The van der Waals surface area contributed by atoms with Crippen molar-refractivity contribution in [1.82, 2.24) is 14.9 Å². The third-order valence-electron chi connectivity index (χ3n) is 3.31. The van der Waals surface area contributed by atoms with Gasteiger partial charge in [-0.3, -0.25) is 0 Å². The maximum atomic E-state index is 5.63. The van der Waals surface area contributed by atoms with Gasteiger partial charge in [-0.25, -0.2) is 4.98 Å². The Morgan fingerprint density at radius 3 is 3.05 bits per heavy atom. The van der Waals surface area contributed by atoms with Crippen LogP contribution in [0.3, 0.4) is 0 Å². The fourth-order valence-corrected chi connectivity index (χ4v) is 2.91. The molecule has 0 amide bonds. The molecule has 2 heterocycles. The van der Waals surface area contributed by atoms with Crippen molar-refractivity contribution in [1.29, 1.82) is 0 Å². The van der Waals surface area contributed by atoms with Crippen LogP contribution in [0, 0.1) is 0 Å². The van der Waals surface area contributed by atoms with Crippen molar-refractivity contribution in [2.45, 2.75) is 19.5 Å². The highest BCUT2D eigenvalue weighted by molar-refractivity contribution is 9.10. The number of nitrogens with zero attached hydrogens (tertiary/aromatic N) is 2. The molecular weight excluding hydrogens is 334 g/mol. The largest absolute Gasteiger partial charge is 0.486 e. The lowest BCUT2D eigenvalue weighted by molar-refractivity contribution is 0.170. The summed E-state index contributed by atoms with van der Waals surface area (Å²) in [4.78, 5) is 4.03. The summed E-state index contributed by atoms with van der Waals surface area (Å²) in [5.74, 6) is 1.64. The van der Waals surface area contributed by atoms with Gasteiger partial charge in [0.05, 0.1) is 10.8 Å². The zero-order chi connectivity index (χ0) is 14.5. The van der Waals surface area contributed by atoms with Crippen molar-refractivity contribution in [2.24, 2.45) is 0 Å². The van der Waals surface area contributed by atoms with Crippen molar-refractivity contribution in [3.05, 3.63) is 40.9 Å². The number of hydrogen-bond acceptors (Lipinski definition) is 4. The highest BCUT2D eigenvalue weighted by Gasteiger charge is 2.15. The van der Waals surface area contributed by atoms with Crippen LogP contribution in [0.15, 0.2) is 35.3 Å². The summed E-state index contributed by atoms with van der Waals surface area (Å²) >= 11 is 3.54. The van der Waals surface area contributed by atoms with Gasteiger partial charge >= 0.3 is 0 Å². The van der Waals surface area contributed by atoms with Gasteiger partial charge in [-0.15, -0.1) is 0 Å². The number of imidazole rings is 1.